The van der Waals surface area contributed by atoms with Crippen molar-refractivity contribution in [2.24, 2.45) is 5.92 Å². The van der Waals surface area contributed by atoms with E-state index in [0.717, 1.165) is 56.4 Å². The molecule has 112 valence electrons. The molecular formula is C15H26N4O. The minimum atomic E-state index is 0.410. The Balaban J connectivity index is 2.04. The van der Waals surface area contributed by atoms with Gasteiger partial charge < -0.3 is 15.4 Å². The van der Waals surface area contributed by atoms with E-state index >= 15 is 0 Å². The van der Waals surface area contributed by atoms with Gasteiger partial charge in [-0.3, -0.25) is 0 Å². The summed E-state index contributed by atoms with van der Waals surface area (Å²) in [4.78, 5) is 9.09. The van der Waals surface area contributed by atoms with E-state index in [1.165, 1.54) is 0 Å². The second-order valence-electron chi connectivity index (χ2n) is 5.44. The summed E-state index contributed by atoms with van der Waals surface area (Å²) in [5.74, 6) is 3.37. The standard InChI is InChI=1S/C15H26N4O/c1-4-5-13-18-14(16-3)10-15(19-13)17-11(2)12-6-8-20-9-7-12/h10-12H,4-9H2,1-3H3,(H2,16,17,18,19). The highest BCUT2D eigenvalue weighted by atomic mass is 16.5. The van der Waals surface area contributed by atoms with E-state index in [0.29, 0.717) is 12.0 Å². The Morgan fingerprint density at radius 2 is 2.00 bits per heavy atom. The molecule has 0 bridgehead atoms. The number of nitrogens with zero attached hydrogens (tertiary/aromatic N) is 2. The molecule has 2 N–H and O–H groups in total. The van der Waals surface area contributed by atoms with Gasteiger partial charge in [0.05, 0.1) is 0 Å². The Bertz CT molecular complexity index is 418. The van der Waals surface area contributed by atoms with Crippen LogP contribution >= 0.6 is 0 Å². The molecule has 0 saturated carbocycles. The molecule has 1 saturated heterocycles. The van der Waals surface area contributed by atoms with Gasteiger partial charge in [0, 0.05) is 38.8 Å². The quantitative estimate of drug-likeness (QED) is 0.838. The van der Waals surface area contributed by atoms with E-state index in [-0.39, 0.29) is 0 Å². The lowest BCUT2D eigenvalue weighted by Gasteiger charge is -2.28. The summed E-state index contributed by atoms with van der Waals surface area (Å²) in [6.07, 6.45) is 4.22. The molecule has 0 radical (unpaired) electrons. The van der Waals surface area contributed by atoms with Gasteiger partial charge in [-0.05, 0) is 32.1 Å². The minimum absolute atomic E-state index is 0.410. The van der Waals surface area contributed by atoms with Gasteiger partial charge in [0.25, 0.3) is 0 Å². The van der Waals surface area contributed by atoms with Gasteiger partial charge in [0.1, 0.15) is 17.5 Å². The van der Waals surface area contributed by atoms with Crippen molar-refractivity contribution in [1.29, 1.82) is 0 Å². The first-order valence-electron chi connectivity index (χ1n) is 7.63. The van der Waals surface area contributed by atoms with Crippen molar-refractivity contribution in [1.82, 2.24) is 9.97 Å². The van der Waals surface area contributed by atoms with E-state index in [1.54, 1.807) is 0 Å². The van der Waals surface area contributed by atoms with Gasteiger partial charge >= 0.3 is 0 Å². The highest BCUT2D eigenvalue weighted by Gasteiger charge is 2.20. The molecule has 2 rings (SSSR count). The number of anilines is 2. The van der Waals surface area contributed by atoms with Crippen molar-refractivity contribution in [2.75, 3.05) is 30.9 Å². The minimum Gasteiger partial charge on any atom is -0.381 e. The van der Waals surface area contributed by atoms with Crippen LogP contribution in [-0.2, 0) is 11.2 Å². The predicted molar refractivity (Wildman–Crippen MR) is 82.2 cm³/mol. The highest BCUT2D eigenvalue weighted by Crippen LogP contribution is 2.22. The first kappa shape index (κ1) is 15.0. The fraction of sp³-hybridized carbons (Fsp3) is 0.733. The number of aryl methyl sites for hydroxylation is 1. The predicted octanol–water partition coefficient (Wildman–Crippen LogP) is 2.70. The Morgan fingerprint density at radius 1 is 1.30 bits per heavy atom. The van der Waals surface area contributed by atoms with Crippen molar-refractivity contribution in [3.05, 3.63) is 11.9 Å². The Morgan fingerprint density at radius 3 is 2.65 bits per heavy atom. The normalized spacial score (nSPS) is 17.8. The second-order valence-corrected chi connectivity index (χ2v) is 5.44. The monoisotopic (exact) mass is 278 g/mol. The number of rotatable bonds is 6. The van der Waals surface area contributed by atoms with Gasteiger partial charge in [0.2, 0.25) is 0 Å². The van der Waals surface area contributed by atoms with Crippen LogP contribution in [0.5, 0.6) is 0 Å². The molecule has 0 aliphatic carbocycles. The summed E-state index contributed by atoms with van der Waals surface area (Å²) in [5, 5.41) is 6.65. The fourth-order valence-corrected chi connectivity index (χ4v) is 2.60. The van der Waals surface area contributed by atoms with Crippen LogP contribution in [0, 0.1) is 5.92 Å². The van der Waals surface area contributed by atoms with Gasteiger partial charge in [-0.2, -0.15) is 0 Å². The molecule has 0 aromatic carbocycles. The molecule has 0 spiro atoms. The summed E-state index contributed by atoms with van der Waals surface area (Å²) >= 11 is 0. The third-order valence-corrected chi connectivity index (χ3v) is 3.85. The molecule has 1 fully saturated rings. The number of nitrogens with one attached hydrogen (secondary N) is 2. The van der Waals surface area contributed by atoms with E-state index in [2.05, 4.69) is 34.4 Å². The zero-order chi connectivity index (χ0) is 14.4. The smallest absolute Gasteiger partial charge is 0.133 e. The van der Waals surface area contributed by atoms with Crippen molar-refractivity contribution < 1.29 is 4.74 Å². The summed E-state index contributed by atoms with van der Waals surface area (Å²) in [7, 11) is 1.89. The fourth-order valence-electron chi connectivity index (χ4n) is 2.60. The van der Waals surface area contributed by atoms with Gasteiger partial charge in [0.15, 0.2) is 0 Å². The average molecular weight is 278 g/mol. The summed E-state index contributed by atoms with van der Waals surface area (Å²) in [6, 6.07) is 2.39. The second kappa shape index (κ2) is 7.43. The van der Waals surface area contributed by atoms with Crippen molar-refractivity contribution in [2.45, 2.75) is 45.6 Å². The molecule has 1 atom stereocenters. The third-order valence-electron chi connectivity index (χ3n) is 3.85. The lowest BCUT2D eigenvalue weighted by molar-refractivity contribution is 0.0622. The molecular weight excluding hydrogens is 252 g/mol. The molecule has 1 aromatic heterocycles. The lowest BCUT2D eigenvalue weighted by atomic mass is 9.93. The van der Waals surface area contributed by atoms with Gasteiger partial charge in [-0.25, -0.2) is 9.97 Å². The summed E-state index contributed by atoms with van der Waals surface area (Å²) in [6.45, 7) is 6.14. The molecule has 0 amide bonds. The number of ether oxygens (including phenoxy) is 1. The van der Waals surface area contributed by atoms with Crippen LogP contribution in [0.3, 0.4) is 0 Å². The van der Waals surface area contributed by atoms with E-state index in [4.69, 9.17) is 4.74 Å². The molecule has 1 aromatic rings. The molecule has 1 aliphatic heterocycles. The molecule has 1 unspecified atom stereocenters. The first-order chi connectivity index (χ1) is 9.72. The van der Waals surface area contributed by atoms with Crippen LogP contribution < -0.4 is 10.6 Å². The van der Waals surface area contributed by atoms with Gasteiger partial charge in [-0.1, -0.05) is 6.92 Å². The molecule has 5 heteroatoms. The molecule has 5 nitrogen and oxygen atoms in total. The third kappa shape index (κ3) is 4.07. The van der Waals surface area contributed by atoms with Crippen molar-refractivity contribution in [3.8, 4) is 0 Å². The summed E-state index contributed by atoms with van der Waals surface area (Å²) < 4.78 is 5.42. The van der Waals surface area contributed by atoms with Gasteiger partial charge in [-0.15, -0.1) is 0 Å². The maximum absolute atomic E-state index is 5.42. The Labute approximate surface area is 121 Å². The van der Waals surface area contributed by atoms with E-state index in [9.17, 15) is 0 Å². The SMILES string of the molecule is CCCc1nc(NC)cc(NC(C)C2CCOCC2)n1. The van der Waals surface area contributed by atoms with Crippen LogP contribution in [0.25, 0.3) is 0 Å². The molecule has 2 heterocycles. The largest absolute Gasteiger partial charge is 0.381 e. The van der Waals surface area contributed by atoms with Crippen LogP contribution in [0.2, 0.25) is 0 Å². The zero-order valence-corrected chi connectivity index (χ0v) is 12.8. The first-order valence-corrected chi connectivity index (χ1v) is 7.63. The van der Waals surface area contributed by atoms with Crippen LogP contribution in [-0.4, -0.2) is 36.3 Å². The summed E-state index contributed by atoms with van der Waals surface area (Å²) in [5.41, 5.74) is 0. The molecule has 1 aliphatic rings. The van der Waals surface area contributed by atoms with Crippen LogP contribution in [0.15, 0.2) is 6.07 Å². The number of hydrogen-bond acceptors (Lipinski definition) is 5. The number of hydrogen-bond donors (Lipinski definition) is 2. The topological polar surface area (TPSA) is 59.1 Å². The maximum Gasteiger partial charge on any atom is 0.133 e. The van der Waals surface area contributed by atoms with E-state index < -0.39 is 0 Å². The number of aromatic nitrogens is 2. The van der Waals surface area contributed by atoms with Crippen molar-refractivity contribution in [3.63, 3.8) is 0 Å². The van der Waals surface area contributed by atoms with E-state index in [1.807, 2.05) is 13.1 Å². The Kier molecular flexibility index (Phi) is 5.59. The average Bonchev–Trinajstić information content (AvgIpc) is 2.48. The van der Waals surface area contributed by atoms with Crippen LogP contribution in [0.4, 0.5) is 11.6 Å². The maximum atomic E-state index is 5.42. The van der Waals surface area contributed by atoms with Crippen molar-refractivity contribution >= 4 is 11.6 Å². The zero-order valence-electron chi connectivity index (χ0n) is 12.8. The highest BCUT2D eigenvalue weighted by molar-refractivity contribution is 5.47. The lowest BCUT2D eigenvalue weighted by Crippen LogP contribution is -2.31. The Hall–Kier alpha value is -1.36. The van der Waals surface area contributed by atoms with Crippen LogP contribution in [0.1, 0.15) is 38.9 Å². The molecule has 20 heavy (non-hydrogen) atoms.